The van der Waals surface area contributed by atoms with Crippen LogP contribution in [0.5, 0.6) is 0 Å². The van der Waals surface area contributed by atoms with Crippen molar-refractivity contribution in [2.75, 3.05) is 25.4 Å². The third-order valence-electron chi connectivity index (χ3n) is 4.83. The number of amides is 1. The molecule has 2 aromatic rings. The number of hydrogen-bond donors (Lipinski definition) is 1. The Balaban J connectivity index is 1.41. The summed E-state index contributed by atoms with van der Waals surface area (Å²) in [6, 6.07) is 15.8. The molecule has 5 heteroatoms. The van der Waals surface area contributed by atoms with Crippen LogP contribution >= 0.6 is 23.4 Å². The summed E-state index contributed by atoms with van der Waals surface area (Å²) in [5.74, 6) is 1.61. The van der Waals surface area contributed by atoms with E-state index in [1.165, 1.54) is 31.5 Å². The lowest BCUT2D eigenvalue weighted by Gasteiger charge is -2.30. The van der Waals surface area contributed by atoms with Crippen LogP contribution in [0.1, 0.15) is 35.7 Å². The average molecular weight is 403 g/mol. The second kappa shape index (κ2) is 10.2. The summed E-state index contributed by atoms with van der Waals surface area (Å²) in [5.41, 5.74) is 2.00. The lowest BCUT2D eigenvalue weighted by Crippen LogP contribution is -2.33. The molecule has 0 radical (unpaired) electrons. The van der Waals surface area contributed by atoms with E-state index in [9.17, 15) is 4.79 Å². The summed E-state index contributed by atoms with van der Waals surface area (Å²) in [6.07, 6.45) is 2.63. The molecule has 0 saturated carbocycles. The number of benzene rings is 2. The Morgan fingerprint density at radius 1 is 1.19 bits per heavy atom. The molecule has 1 saturated heterocycles. The van der Waals surface area contributed by atoms with Gasteiger partial charge in [0.1, 0.15) is 0 Å². The minimum atomic E-state index is -0.00940. The van der Waals surface area contributed by atoms with E-state index in [0.29, 0.717) is 6.54 Å². The van der Waals surface area contributed by atoms with Crippen LogP contribution < -0.4 is 5.32 Å². The Hall–Kier alpha value is -1.49. The normalized spacial score (nSPS) is 17.6. The maximum Gasteiger partial charge on any atom is 0.251 e. The number of carbonyl (C=O) groups is 1. The van der Waals surface area contributed by atoms with E-state index in [2.05, 4.69) is 29.3 Å². The largest absolute Gasteiger partial charge is 0.351 e. The highest BCUT2D eigenvalue weighted by atomic mass is 35.5. The number of carbonyl (C=O) groups excluding carboxylic acids is 1. The van der Waals surface area contributed by atoms with Crippen LogP contribution in [0.2, 0.25) is 5.02 Å². The lowest BCUT2D eigenvalue weighted by molar-refractivity contribution is 0.0956. The van der Waals surface area contributed by atoms with E-state index in [0.717, 1.165) is 33.7 Å². The molecule has 2 aromatic carbocycles. The molecule has 27 heavy (non-hydrogen) atoms. The van der Waals surface area contributed by atoms with Crippen LogP contribution in [-0.4, -0.2) is 36.2 Å². The quantitative estimate of drug-likeness (QED) is 0.516. The molecule has 1 amide bonds. The van der Waals surface area contributed by atoms with Gasteiger partial charge in [-0.2, -0.15) is 0 Å². The fraction of sp³-hybridized carbons (Fsp3) is 0.409. The maximum absolute atomic E-state index is 12.3. The molecule has 0 unspecified atom stereocenters. The Labute approximate surface area is 171 Å². The van der Waals surface area contributed by atoms with Crippen molar-refractivity contribution in [3.63, 3.8) is 0 Å². The molecule has 1 fully saturated rings. The van der Waals surface area contributed by atoms with Gasteiger partial charge < -0.3 is 5.32 Å². The van der Waals surface area contributed by atoms with Crippen molar-refractivity contribution in [3.05, 3.63) is 64.7 Å². The Kier molecular flexibility index (Phi) is 7.62. The Bertz CT molecular complexity index is 733. The van der Waals surface area contributed by atoms with E-state index in [4.69, 9.17) is 11.6 Å². The summed E-state index contributed by atoms with van der Waals surface area (Å²) >= 11 is 7.59. The van der Waals surface area contributed by atoms with Crippen molar-refractivity contribution >= 4 is 29.3 Å². The predicted molar refractivity (Wildman–Crippen MR) is 115 cm³/mol. The van der Waals surface area contributed by atoms with Crippen LogP contribution in [0.15, 0.2) is 53.4 Å². The van der Waals surface area contributed by atoms with Gasteiger partial charge in [-0.05, 0) is 67.3 Å². The monoisotopic (exact) mass is 402 g/mol. The highest BCUT2D eigenvalue weighted by molar-refractivity contribution is 7.99. The van der Waals surface area contributed by atoms with Crippen molar-refractivity contribution in [2.24, 2.45) is 5.92 Å². The van der Waals surface area contributed by atoms with Crippen molar-refractivity contribution < 1.29 is 4.79 Å². The highest BCUT2D eigenvalue weighted by Crippen LogP contribution is 2.20. The number of nitrogens with zero attached hydrogens (tertiary/aromatic N) is 1. The third-order valence-corrected chi connectivity index (χ3v) is 6.10. The molecule has 3 nitrogen and oxygen atoms in total. The zero-order valence-electron chi connectivity index (χ0n) is 15.8. The summed E-state index contributed by atoms with van der Waals surface area (Å²) in [5, 5.41) is 3.73. The molecule has 1 aliphatic rings. The van der Waals surface area contributed by atoms with Gasteiger partial charge in [0.05, 0.1) is 0 Å². The second-order valence-corrected chi connectivity index (χ2v) is 8.84. The highest BCUT2D eigenvalue weighted by Gasteiger charge is 2.16. The van der Waals surface area contributed by atoms with Gasteiger partial charge in [-0.3, -0.25) is 9.69 Å². The molecule has 0 aromatic heterocycles. The molecule has 1 heterocycles. The van der Waals surface area contributed by atoms with Gasteiger partial charge in [-0.1, -0.05) is 30.7 Å². The van der Waals surface area contributed by atoms with Crippen LogP contribution in [-0.2, 0) is 6.54 Å². The Morgan fingerprint density at radius 3 is 2.63 bits per heavy atom. The minimum Gasteiger partial charge on any atom is -0.351 e. The first-order valence-corrected chi connectivity index (χ1v) is 10.9. The van der Waals surface area contributed by atoms with Gasteiger partial charge in [0.25, 0.3) is 5.91 Å². The molecule has 1 aliphatic heterocycles. The first-order valence-electron chi connectivity index (χ1n) is 9.58. The van der Waals surface area contributed by atoms with Gasteiger partial charge in [0.2, 0.25) is 0 Å². The molecule has 144 valence electrons. The van der Waals surface area contributed by atoms with Crippen molar-refractivity contribution in [2.45, 2.75) is 31.2 Å². The first-order chi connectivity index (χ1) is 13.1. The average Bonchev–Trinajstić information content (AvgIpc) is 2.67. The zero-order valence-corrected chi connectivity index (χ0v) is 17.4. The molecular weight excluding hydrogens is 376 g/mol. The van der Waals surface area contributed by atoms with Crippen LogP contribution in [0.4, 0.5) is 0 Å². The topological polar surface area (TPSA) is 32.3 Å². The number of thioether (sulfide) groups is 1. The molecule has 1 N–H and O–H groups in total. The van der Waals surface area contributed by atoms with E-state index < -0.39 is 0 Å². The van der Waals surface area contributed by atoms with E-state index >= 15 is 0 Å². The fourth-order valence-electron chi connectivity index (χ4n) is 3.42. The Morgan fingerprint density at radius 2 is 1.93 bits per heavy atom. The van der Waals surface area contributed by atoms with Crippen molar-refractivity contribution in [1.29, 1.82) is 0 Å². The first kappa shape index (κ1) is 20.2. The fourth-order valence-corrected chi connectivity index (χ4v) is 4.31. The predicted octanol–water partition coefficient (Wildman–Crippen LogP) is 5.09. The standard InChI is InChI=1S/C22H27ClN2OS/c1-17-3-2-13-25(15-17)16-18-4-6-19(7-5-18)22(26)24-12-14-27-21-10-8-20(23)9-11-21/h4-11,17H,2-3,12-16H2,1H3,(H,24,26)/t17-/m0/s1. The van der Waals surface area contributed by atoms with Crippen LogP contribution in [0.25, 0.3) is 0 Å². The summed E-state index contributed by atoms with van der Waals surface area (Å²) in [4.78, 5) is 16.0. The molecule has 0 bridgehead atoms. The molecule has 3 rings (SSSR count). The SMILES string of the molecule is C[C@H]1CCCN(Cc2ccc(C(=O)NCCSc3ccc(Cl)cc3)cc2)C1. The molecule has 0 spiro atoms. The number of piperidine rings is 1. The van der Waals surface area contributed by atoms with Crippen molar-refractivity contribution in [3.8, 4) is 0 Å². The number of hydrogen-bond acceptors (Lipinski definition) is 3. The zero-order chi connectivity index (χ0) is 19.1. The van der Waals surface area contributed by atoms with Gasteiger partial charge in [0, 0.05) is 40.9 Å². The van der Waals surface area contributed by atoms with Gasteiger partial charge in [-0.25, -0.2) is 0 Å². The molecular formula is C22H27ClN2OS. The van der Waals surface area contributed by atoms with E-state index in [1.54, 1.807) is 11.8 Å². The summed E-state index contributed by atoms with van der Waals surface area (Å²) in [7, 11) is 0. The van der Waals surface area contributed by atoms with E-state index in [1.807, 2.05) is 36.4 Å². The third kappa shape index (κ3) is 6.56. The van der Waals surface area contributed by atoms with Crippen molar-refractivity contribution in [1.82, 2.24) is 10.2 Å². The summed E-state index contributed by atoms with van der Waals surface area (Å²) < 4.78 is 0. The molecule has 1 atom stereocenters. The summed E-state index contributed by atoms with van der Waals surface area (Å²) in [6.45, 7) is 6.29. The van der Waals surface area contributed by atoms with Gasteiger partial charge >= 0.3 is 0 Å². The number of rotatable bonds is 7. The second-order valence-electron chi connectivity index (χ2n) is 7.24. The van der Waals surface area contributed by atoms with Crippen LogP contribution in [0.3, 0.4) is 0 Å². The molecule has 0 aliphatic carbocycles. The van der Waals surface area contributed by atoms with Gasteiger partial charge in [-0.15, -0.1) is 11.8 Å². The number of likely N-dealkylation sites (tertiary alicyclic amines) is 1. The lowest BCUT2D eigenvalue weighted by atomic mass is 9.99. The number of nitrogens with one attached hydrogen (secondary N) is 1. The van der Waals surface area contributed by atoms with Gasteiger partial charge in [0.15, 0.2) is 0 Å². The van der Waals surface area contributed by atoms with Crippen LogP contribution in [0, 0.1) is 5.92 Å². The smallest absolute Gasteiger partial charge is 0.251 e. The number of halogens is 1. The minimum absolute atomic E-state index is 0.00940. The maximum atomic E-state index is 12.3. The van der Waals surface area contributed by atoms with E-state index in [-0.39, 0.29) is 5.91 Å².